The predicted octanol–water partition coefficient (Wildman–Crippen LogP) is 1.83. The molecule has 0 spiro atoms. The highest BCUT2D eigenvalue weighted by Gasteiger charge is 2.28. The first-order chi connectivity index (χ1) is 17.4. The second-order valence-corrected chi connectivity index (χ2v) is 9.59. The summed E-state index contributed by atoms with van der Waals surface area (Å²) in [6.45, 7) is 5.15. The molecule has 2 heterocycles. The van der Waals surface area contributed by atoms with Gasteiger partial charge in [0.05, 0.1) is 18.2 Å². The van der Waals surface area contributed by atoms with E-state index in [0.717, 1.165) is 0 Å². The molecule has 196 valence electrons. The van der Waals surface area contributed by atoms with Crippen molar-refractivity contribution in [2.24, 2.45) is 11.5 Å². The minimum absolute atomic E-state index is 0.0135. The zero-order valence-corrected chi connectivity index (χ0v) is 20.9. The number of fused-ring (bicyclic) bond motifs is 1. The Morgan fingerprint density at radius 2 is 1.86 bits per heavy atom. The number of ketones is 1. The molecule has 6 N–H and O–H groups in total. The normalized spacial score (nSPS) is 13.1. The van der Waals surface area contributed by atoms with Crippen LogP contribution in [0.4, 0.5) is 0 Å². The van der Waals surface area contributed by atoms with Gasteiger partial charge in [-0.05, 0) is 39.0 Å². The minimum atomic E-state index is -1.14. The van der Waals surface area contributed by atoms with Crippen LogP contribution in [0.5, 0.6) is 0 Å². The largest absolute Gasteiger partial charge is 0.481 e. The fourth-order valence-electron chi connectivity index (χ4n) is 3.60. The molecule has 0 saturated carbocycles. The van der Waals surface area contributed by atoms with Crippen LogP contribution in [-0.2, 0) is 19.1 Å². The van der Waals surface area contributed by atoms with Crippen molar-refractivity contribution < 1.29 is 29.0 Å². The third-order valence-electron chi connectivity index (χ3n) is 5.37. The lowest BCUT2D eigenvalue weighted by Gasteiger charge is -2.22. The minimum Gasteiger partial charge on any atom is -0.481 e. The Hall–Kier alpha value is -4.09. The van der Waals surface area contributed by atoms with E-state index in [1.807, 2.05) is 0 Å². The number of amides is 1. The first kappa shape index (κ1) is 27.5. The number of aliphatic carboxylic acids is 1. The van der Waals surface area contributed by atoms with Crippen LogP contribution < -0.4 is 16.8 Å². The van der Waals surface area contributed by atoms with E-state index in [1.165, 1.54) is 0 Å². The Labute approximate surface area is 213 Å². The van der Waals surface area contributed by atoms with Crippen molar-refractivity contribution in [3.8, 4) is 11.3 Å². The smallest absolute Gasteiger partial charge is 0.323 e. The molecular formula is C26H31N5O6. The number of hydrogen-bond donors (Lipinski definition) is 4. The molecule has 0 saturated heterocycles. The number of pyridine rings is 1. The number of carboxylic acid groups (broad SMARTS) is 1. The number of ether oxygens (including phenoxy) is 1. The lowest BCUT2D eigenvalue weighted by atomic mass is 9.99. The highest BCUT2D eigenvalue weighted by molar-refractivity contribution is 5.95. The molecule has 0 aliphatic rings. The molecule has 3 rings (SSSR count). The third-order valence-corrected chi connectivity index (χ3v) is 5.37. The highest BCUT2D eigenvalue weighted by Crippen LogP contribution is 2.25. The second-order valence-electron chi connectivity index (χ2n) is 9.59. The number of hydrogen-bond acceptors (Lipinski definition) is 8. The maximum absolute atomic E-state index is 12.9. The van der Waals surface area contributed by atoms with Crippen LogP contribution in [0.15, 0.2) is 48.8 Å². The van der Waals surface area contributed by atoms with Crippen LogP contribution >= 0.6 is 0 Å². The molecule has 0 radical (unpaired) electrons. The summed E-state index contributed by atoms with van der Waals surface area (Å²) in [5.41, 5.74) is 13.8. The van der Waals surface area contributed by atoms with E-state index in [0.29, 0.717) is 28.0 Å². The van der Waals surface area contributed by atoms with E-state index in [1.54, 1.807) is 74.0 Å². The summed E-state index contributed by atoms with van der Waals surface area (Å²) < 4.78 is 6.95. The number of imidazole rings is 1. The van der Waals surface area contributed by atoms with Gasteiger partial charge in [-0.25, -0.2) is 4.98 Å². The summed E-state index contributed by atoms with van der Waals surface area (Å²) in [6.07, 6.45) is 3.03. The van der Waals surface area contributed by atoms with Crippen molar-refractivity contribution >= 4 is 29.3 Å². The quantitative estimate of drug-likeness (QED) is 0.297. The van der Waals surface area contributed by atoms with Crippen LogP contribution in [0.3, 0.4) is 0 Å². The van der Waals surface area contributed by atoms with Gasteiger partial charge in [-0.1, -0.05) is 18.2 Å². The third kappa shape index (κ3) is 7.21. The molecule has 3 aromatic rings. The SMILES string of the molecule is CC(C)(C)OC(=O)C(N)CC(=O)C(N)c1cccn2cc(-c3cccc(C(=O)NCCC(=O)O)c3)nc12. The topological polar surface area (TPSA) is 179 Å². The second kappa shape index (κ2) is 11.3. The number of esters is 1. The Morgan fingerprint density at radius 3 is 2.54 bits per heavy atom. The van der Waals surface area contributed by atoms with E-state index < -0.39 is 41.3 Å². The fourth-order valence-corrected chi connectivity index (χ4v) is 3.60. The Morgan fingerprint density at radius 1 is 1.14 bits per heavy atom. The Kier molecular flexibility index (Phi) is 8.41. The van der Waals surface area contributed by atoms with Gasteiger partial charge in [0.2, 0.25) is 0 Å². The average Bonchev–Trinajstić information content (AvgIpc) is 3.27. The van der Waals surface area contributed by atoms with Gasteiger partial charge in [0.25, 0.3) is 5.91 Å². The Bertz CT molecular complexity index is 1330. The van der Waals surface area contributed by atoms with E-state index in [4.69, 9.17) is 21.3 Å². The Balaban J connectivity index is 1.80. The first-order valence-electron chi connectivity index (χ1n) is 11.7. The number of aromatic nitrogens is 2. The van der Waals surface area contributed by atoms with E-state index in [2.05, 4.69) is 10.3 Å². The zero-order chi connectivity index (χ0) is 27.3. The van der Waals surface area contributed by atoms with Crippen molar-refractivity contribution in [3.63, 3.8) is 0 Å². The van der Waals surface area contributed by atoms with Gasteiger partial charge in [0.15, 0.2) is 5.78 Å². The number of nitrogens with two attached hydrogens (primary N) is 2. The highest BCUT2D eigenvalue weighted by atomic mass is 16.6. The van der Waals surface area contributed by atoms with Gasteiger partial charge in [0, 0.05) is 42.0 Å². The summed E-state index contributed by atoms with van der Waals surface area (Å²) in [5.74, 6) is -2.52. The van der Waals surface area contributed by atoms with Crippen molar-refractivity contribution in [2.75, 3.05) is 6.54 Å². The van der Waals surface area contributed by atoms with Gasteiger partial charge >= 0.3 is 11.9 Å². The summed E-state index contributed by atoms with van der Waals surface area (Å²) >= 11 is 0. The van der Waals surface area contributed by atoms with Crippen molar-refractivity contribution in [2.45, 2.75) is 51.3 Å². The number of carboxylic acids is 1. The van der Waals surface area contributed by atoms with Gasteiger partial charge < -0.3 is 31.0 Å². The lowest BCUT2D eigenvalue weighted by molar-refractivity contribution is -0.157. The summed E-state index contributed by atoms with van der Waals surface area (Å²) in [6, 6.07) is 7.92. The molecule has 2 aromatic heterocycles. The van der Waals surface area contributed by atoms with Crippen molar-refractivity contribution in [3.05, 3.63) is 59.9 Å². The molecule has 0 aliphatic carbocycles. The number of carbonyl (C=O) groups is 4. The van der Waals surface area contributed by atoms with E-state index in [9.17, 15) is 19.2 Å². The molecule has 2 unspecified atom stereocenters. The molecule has 2 atom stereocenters. The average molecular weight is 510 g/mol. The maximum atomic E-state index is 12.9. The molecule has 1 amide bonds. The van der Waals surface area contributed by atoms with Crippen LogP contribution in [0, 0.1) is 0 Å². The first-order valence-corrected chi connectivity index (χ1v) is 11.7. The predicted molar refractivity (Wildman–Crippen MR) is 136 cm³/mol. The molecule has 0 aliphatic heterocycles. The molecule has 0 bridgehead atoms. The molecule has 1 aromatic carbocycles. The van der Waals surface area contributed by atoms with E-state index in [-0.39, 0.29) is 19.4 Å². The van der Waals surface area contributed by atoms with Crippen LogP contribution in [0.2, 0.25) is 0 Å². The van der Waals surface area contributed by atoms with Gasteiger partial charge in [-0.2, -0.15) is 0 Å². The molecule has 11 heteroatoms. The van der Waals surface area contributed by atoms with Gasteiger partial charge in [-0.3, -0.25) is 19.2 Å². The number of rotatable bonds is 10. The molecule has 0 fully saturated rings. The lowest BCUT2D eigenvalue weighted by Crippen LogP contribution is -2.40. The molecule has 11 nitrogen and oxygen atoms in total. The van der Waals surface area contributed by atoms with Crippen molar-refractivity contribution in [1.82, 2.24) is 14.7 Å². The summed E-state index contributed by atoms with van der Waals surface area (Å²) in [4.78, 5) is 52.7. The number of carbonyl (C=O) groups excluding carboxylic acids is 3. The van der Waals surface area contributed by atoms with Crippen LogP contribution in [-0.4, -0.2) is 56.3 Å². The molecular weight excluding hydrogens is 478 g/mol. The van der Waals surface area contributed by atoms with Gasteiger partial charge in [0.1, 0.15) is 17.3 Å². The standard InChI is InChI=1S/C26H31N5O6/c1-26(2,3)37-25(36)18(27)13-20(32)22(28)17-8-5-11-31-14-19(30-23(17)31)15-6-4-7-16(12-15)24(35)29-10-9-21(33)34/h4-8,11-12,14,18,22H,9-10,13,27-28H2,1-3H3,(H,29,35)(H,33,34). The van der Waals surface area contributed by atoms with E-state index >= 15 is 0 Å². The van der Waals surface area contributed by atoms with Gasteiger partial charge in [-0.15, -0.1) is 0 Å². The number of Topliss-reactive ketones (excluding diaryl/α,β-unsaturated/α-hetero) is 1. The number of nitrogens with one attached hydrogen (secondary N) is 1. The van der Waals surface area contributed by atoms with Crippen LogP contribution in [0.1, 0.15) is 55.6 Å². The fraction of sp³-hybridized carbons (Fsp3) is 0.346. The monoisotopic (exact) mass is 509 g/mol. The number of benzene rings is 1. The summed E-state index contributed by atoms with van der Waals surface area (Å²) in [5, 5.41) is 11.3. The number of nitrogens with zero attached hydrogens (tertiary/aromatic N) is 2. The summed E-state index contributed by atoms with van der Waals surface area (Å²) in [7, 11) is 0. The van der Waals surface area contributed by atoms with Crippen molar-refractivity contribution in [1.29, 1.82) is 0 Å². The maximum Gasteiger partial charge on any atom is 0.323 e. The van der Waals surface area contributed by atoms with Crippen LogP contribution in [0.25, 0.3) is 16.9 Å². The molecule has 37 heavy (non-hydrogen) atoms. The zero-order valence-electron chi connectivity index (χ0n) is 20.9.